The minimum Gasteiger partial charge on any atom is -0.493 e. The topological polar surface area (TPSA) is 64.1 Å². The van der Waals surface area contributed by atoms with Gasteiger partial charge in [0.05, 0.1) is 14.2 Å². The number of aliphatic imine (C=N–C) groups is 1. The second-order valence-corrected chi connectivity index (χ2v) is 6.32. The summed E-state index contributed by atoms with van der Waals surface area (Å²) in [7, 11) is 5.02. The van der Waals surface area contributed by atoms with Crippen molar-refractivity contribution >= 4 is 21.9 Å². The van der Waals surface area contributed by atoms with E-state index in [-0.39, 0.29) is 0 Å². The molecule has 7 heteroatoms. The molecule has 0 unspecified atom stereocenters. The Hall–Kier alpha value is -1.47. The van der Waals surface area contributed by atoms with Crippen LogP contribution < -0.4 is 20.1 Å². The molecule has 25 heavy (non-hydrogen) atoms. The normalized spacial score (nSPS) is 11.3. The van der Waals surface area contributed by atoms with E-state index in [1.54, 1.807) is 21.3 Å². The van der Waals surface area contributed by atoms with Crippen LogP contribution in [0.3, 0.4) is 0 Å². The third-order valence-corrected chi connectivity index (χ3v) is 4.36. The zero-order chi connectivity index (χ0) is 18.5. The molecular weight excluding hydrogens is 386 g/mol. The second kappa shape index (κ2) is 12.8. The minimum atomic E-state index is 0.619. The van der Waals surface area contributed by atoms with Crippen molar-refractivity contribution < 1.29 is 14.2 Å². The lowest BCUT2D eigenvalue weighted by Crippen LogP contribution is -2.37. The van der Waals surface area contributed by atoms with Crippen LogP contribution in [0.4, 0.5) is 0 Å². The van der Waals surface area contributed by atoms with E-state index in [1.165, 1.54) is 6.42 Å². The number of nitrogens with zero attached hydrogens (tertiary/aromatic N) is 1. The summed E-state index contributed by atoms with van der Waals surface area (Å²) in [5.74, 6) is 2.16. The highest BCUT2D eigenvalue weighted by atomic mass is 79.9. The summed E-state index contributed by atoms with van der Waals surface area (Å²) in [6, 6.07) is 3.85. The molecule has 0 aliphatic rings. The molecule has 0 amide bonds. The van der Waals surface area contributed by atoms with Crippen LogP contribution >= 0.6 is 15.9 Å². The van der Waals surface area contributed by atoms with Gasteiger partial charge in [0.1, 0.15) is 0 Å². The van der Waals surface area contributed by atoms with E-state index >= 15 is 0 Å². The van der Waals surface area contributed by atoms with Gasteiger partial charge in [-0.25, -0.2) is 0 Å². The Morgan fingerprint density at radius 2 is 1.76 bits per heavy atom. The summed E-state index contributed by atoms with van der Waals surface area (Å²) < 4.78 is 17.2. The van der Waals surface area contributed by atoms with E-state index in [4.69, 9.17) is 14.2 Å². The molecule has 0 bridgehead atoms. The lowest BCUT2D eigenvalue weighted by Gasteiger charge is -2.15. The molecule has 0 aliphatic heterocycles. The second-order valence-electron chi connectivity index (χ2n) is 5.47. The fourth-order valence-electron chi connectivity index (χ4n) is 2.16. The average Bonchev–Trinajstić information content (AvgIpc) is 2.63. The van der Waals surface area contributed by atoms with Crippen LogP contribution in [0.5, 0.6) is 11.5 Å². The van der Waals surface area contributed by atoms with Crippen LogP contribution in [0.25, 0.3) is 0 Å². The molecule has 0 aromatic heterocycles. The van der Waals surface area contributed by atoms with E-state index in [2.05, 4.69) is 38.5 Å². The number of methoxy groups -OCH3 is 2. The lowest BCUT2D eigenvalue weighted by molar-refractivity contribution is 0.129. The zero-order valence-electron chi connectivity index (χ0n) is 15.7. The maximum absolute atomic E-state index is 5.55. The van der Waals surface area contributed by atoms with Crippen molar-refractivity contribution in [1.82, 2.24) is 10.6 Å². The molecule has 2 N–H and O–H groups in total. The summed E-state index contributed by atoms with van der Waals surface area (Å²) in [6.07, 6.45) is 3.24. The van der Waals surface area contributed by atoms with Crippen molar-refractivity contribution in [2.45, 2.75) is 32.7 Å². The molecule has 0 atom stereocenters. The predicted molar refractivity (Wildman–Crippen MR) is 106 cm³/mol. The molecule has 0 spiro atoms. The molecular formula is C18H30BrN3O3. The van der Waals surface area contributed by atoms with Gasteiger partial charge in [-0.1, -0.05) is 29.3 Å². The number of rotatable bonds is 11. The van der Waals surface area contributed by atoms with Crippen molar-refractivity contribution in [3.05, 3.63) is 22.2 Å². The smallest absolute Gasteiger partial charge is 0.191 e. The predicted octanol–water partition coefficient (Wildman–Crippen LogP) is 3.34. The van der Waals surface area contributed by atoms with Gasteiger partial charge in [-0.2, -0.15) is 0 Å². The molecule has 6 nitrogen and oxygen atoms in total. The first-order valence-electron chi connectivity index (χ1n) is 8.58. The van der Waals surface area contributed by atoms with Gasteiger partial charge in [-0.05, 0) is 30.5 Å². The van der Waals surface area contributed by atoms with E-state index in [9.17, 15) is 0 Å². The minimum absolute atomic E-state index is 0.619. The maximum Gasteiger partial charge on any atom is 0.191 e. The van der Waals surface area contributed by atoms with Crippen LogP contribution in [0.1, 0.15) is 31.7 Å². The van der Waals surface area contributed by atoms with Gasteiger partial charge in [-0.3, -0.25) is 4.99 Å². The summed E-state index contributed by atoms with van der Waals surface area (Å²) in [5, 5.41) is 6.59. The number of hydrogen-bond donors (Lipinski definition) is 2. The van der Waals surface area contributed by atoms with Gasteiger partial charge in [0.25, 0.3) is 0 Å². The first-order valence-corrected chi connectivity index (χ1v) is 9.38. The highest BCUT2D eigenvalue weighted by molar-refractivity contribution is 9.10. The molecule has 0 heterocycles. The summed E-state index contributed by atoms with van der Waals surface area (Å²) in [4.78, 5) is 4.24. The molecule has 0 saturated heterocycles. The highest BCUT2D eigenvalue weighted by Gasteiger charge is 2.10. The monoisotopic (exact) mass is 415 g/mol. The van der Waals surface area contributed by atoms with Crippen molar-refractivity contribution in [2.24, 2.45) is 4.99 Å². The Morgan fingerprint density at radius 1 is 1.08 bits per heavy atom. The quantitative estimate of drug-likeness (QED) is 0.329. The van der Waals surface area contributed by atoms with Gasteiger partial charge >= 0.3 is 0 Å². The maximum atomic E-state index is 5.55. The van der Waals surface area contributed by atoms with Crippen LogP contribution in [0.2, 0.25) is 0 Å². The summed E-state index contributed by atoms with van der Waals surface area (Å²) >= 11 is 3.56. The Labute approximate surface area is 159 Å². The number of halogens is 1. The molecule has 1 aromatic carbocycles. The van der Waals surface area contributed by atoms with Crippen LogP contribution in [-0.2, 0) is 11.3 Å². The first kappa shape index (κ1) is 21.6. The summed E-state index contributed by atoms with van der Waals surface area (Å²) in [6.45, 7) is 5.21. The third kappa shape index (κ3) is 7.96. The third-order valence-electron chi connectivity index (χ3n) is 3.62. The molecule has 1 rings (SSSR count). The van der Waals surface area contributed by atoms with Gasteiger partial charge in [-0.15, -0.1) is 0 Å². The standard InChI is InChI=1S/C18H30BrN3O3/c1-5-6-9-25-10-7-8-21-18(20-2)22-13-14-11-16(23-3)17(24-4)12-15(14)19/h11-12H,5-10,13H2,1-4H3,(H2,20,21,22). The number of hydrogen-bond acceptors (Lipinski definition) is 4. The fraction of sp³-hybridized carbons (Fsp3) is 0.611. The molecule has 0 fully saturated rings. The van der Waals surface area contributed by atoms with Gasteiger partial charge in [0.2, 0.25) is 0 Å². The SMILES string of the molecule is CCCCOCCCNC(=NC)NCc1cc(OC)c(OC)cc1Br. The number of nitrogens with one attached hydrogen (secondary N) is 2. The number of unbranched alkanes of at least 4 members (excludes halogenated alkanes) is 1. The van der Waals surface area contributed by atoms with Crippen molar-refractivity contribution in [3.63, 3.8) is 0 Å². The van der Waals surface area contributed by atoms with Crippen molar-refractivity contribution in [2.75, 3.05) is 41.0 Å². The van der Waals surface area contributed by atoms with Gasteiger partial charge < -0.3 is 24.8 Å². The Kier molecular flexibility index (Phi) is 11.1. The Bertz CT molecular complexity index is 539. The van der Waals surface area contributed by atoms with Crippen molar-refractivity contribution in [3.8, 4) is 11.5 Å². The largest absolute Gasteiger partial charge is 0.493 e. The molecule has 0 saturated carbocycles. The fourth-order valence-corrected chi connectivity index (χ4v) is 2.62. The number of guanidine groups is 1. The first-order chi connectivity index (χ1) is 12.2. The van der Waals surface area contributed by atoms with Crippen LogP contribution in [-0.4, -0.2) is 47.0 Å². The van der Waals surface area contributed by atoms with E-state index in [1.807, 2.05) is 12.1 Å². The molecule has 0 radical (unpaired) electrons. The zero-order valence-corrected chi connectivity index (χ0v) is 17.2. The Balaban J connectivity index is 2.42. The Morgan fingerprint density at radius 3 is 2.40 bits per heavy atom. The lowest BCUT2D eigenvalue weighted by atomic mass is 10.2. The van der Waals surface area contributed by atoms with E-state index < -0.39 is 0 Å². The molecule has 1 aromatic rings. The number of ether oxygens (including phenoxy) is 3. The highest BCUT2D eigenvalue weighted by Crippen LogP contribution is 2.33. The number of benzene rings is 1. The average molecular weight is 416 g/mol. The van der Waals surface area contributed by atoms with Crippen molar-refractivity contribution in [1.29, 1.82) is 0 Å². The summed E-state index contributed by atoms with van der Waals surface area (Å²) in [5.41, 5.74) is 1.06. The van der Waals surface area contributed by atoms with E-state index in [0.29, 0.717) is 18.0 Å². The van der Waals surface area contributed by atoms with Crippen LogP contribution in [0.15, 0.2) is 21.6 Å². The van der Waals surface area contributed by atoms with Crippen LogP contribution in [0, 0.1) is 0 Å². The van der Waals surface area contributed by atoms with Gasteiger partial charge in [0, 0.05) is 37.8 Å². The molecule has 142 valence electrons. The van der Waals surface area contributed by atoms with E-state index in [0.717, 1.165) is 48.6 Å². The molecule has 0 aliphatic carbocycles. The van der Waals surface area contributed by atoms with Gasteiger partial charge in [0.15, 0.2) is 17.5 Å².